The number of rotatable bonds is 2. The van der Waals surface area contributed by atoms with E-state index in [0.717, 1.165) is 5.69 Å². The van der Waals surface area contributed by atoms with Gasteiger partial charge in [0.2, 0.25) is 0 Å². The molecule has 3 nitrogen and oxygen atoms in total. The first kappa shape index (κ1) is 10.3. The average Bonchev–Trinajstić information content (AvgIpc) is 2.60. The molecule has 1 aromatic heterocycles. The Morgan fingerprint density at radius 1 is 1.20 bits per heavy atom. The van der Waals surface area contributed by atoms with Crippen molar-refractivity contribution in [2.24, 2.45) is 0 Å². The molecule has 0 unspecified atom stereocenters. The number of nitrogens with one attached hydrogen (secondary N) is 1. The van der Waals surface area contributed by atoms with E-state index in [0.29, 0.717) is 15.9 Å². The highest BCUT2D eigenvalue weighted by atomic mass is 35.5. The monoisotopic (exact) mass is 241 g/mol. The molecule has 0 aliphatic carbocycles. The molecule has 5 heteroatoms. The Balaban J connectivity index is 2.50. The van der Waals surface area contributed by atoms with Crippen LogP contribution in [0.3, 0.4) is 0 Å². The van der Waals surface area contributed by atoms with Gasteiger partial charge in [0.25, 0.3) is 0 Å². The van der Waals surface area contributed by atoms with Crippen molar-refractivity contribution in [1.29, 1.82) is 0 Å². The molecule has 1 aromatic carbocycles. The number of aromatic nitrogens is 2. The van der Waals surface area contributed by atoms with Gasteiger partial charge in [-0.1, -0.05) is 35.3 Å². The Kier molecular flexibility index (Phi) is 2.84. The zero-order valence-electron chi connectivity index (χ0n) is 8.04. The Hall–Kier alpha value is -1.19. The Labute approximate surface area is 97.6 Å². The van der Waals surface area contributed by atoms with E-state index in [1.165, 1.54) is 0 Å². The highest BCUT2D eigenvalue weighted by molar-refractivity contribution is 6.33. The highest BCUT2D eigenvalue weighted by Gasteiger charge is 2.08. The van der Waals surface area contributed by atoms with Crippen LogP contribution >= 0.6 is 23.2 Å². The van der Waals surface area contributed by atoms with Crippen LogP contribution in [0.25, 0.3) is 5.69 Å². The second-order valence-electron chi connectivity index (χ2n) is 2.97. The summed E-state index contributed by atoms with van der Waals surface area (Å²) in [5.74, 6) is 0.636. The smallest absolute Gasteiger partial charge is 0.167 e. The minimum atomic E-state index is 0.567. The summed E-state index contributed by atoms with van der Waals surface area (Å²) < 4.78 is 1.65. The van der Waals surface area contributed by atoms with Gasteiger partial charge in [0.15, 0.2) is 5.82 Å². The normalized spacial score (nSPS) is 10.3. The number of halogens is 2. The Morgan fingerprint density at radius 3 is 2.53 bits per heavy atom. The van der Waals surface area contributed by atoms with Crippen molar-refractivity contribution in [1.82, 2.24) is 9.78 Å². The summed E-state index contributed by atoms with van der Waals surface area (Å²) in [4.78, 5) is 0. The van der Waals surface area contributed by atoms with Crippen molar-refractivity contribution >= 4 is 29.0 Å². The summed E-state index contributed by atoms with van der Waals surface area (Å²) in [5.41, 5.74) is 0.808. The summed E-state index contributed by atoms with van der Waals surface area (Å²) in [6, 6.07) is 7.46. The van der Waals surface area contributed by atoms with Crippen molar-refractivity contribution in [2.75, 3.05) is 12.4 Å². The topological polar surface area (TPSA) is 29.9 Å². The molecule has 0 saturated carbocycles. The van der Waals surface area contributed by atoms with Gasteiger partial charge in [-0.25, -0.2) is 4.68 Å². The molecule has 2 aromatic rings. The van der Waals surface area contributed by atoms with E-state index in [-0.39, 0.29) is 0 Å². The van der Waals surface area contributed by atoms with E-state index < -0.39 is 0 Å². The third-order valence-electron chi connectivity index (χ3n) is 2.01. The molecule has 0 radical (unpaired) electrons. The average molecular weight is 242 g/mol. The lowest BCUT2D eigenvalue weighted by molar-refractivity contribution is 0.883. The summed E-state index contributed by atoms with van der Waals surface area (Å²) in [6.45, 7) is 0. The molecule has 0 amide bonds. The van der Waals surface area contributed by atoms with Crippen molar-refractivity contribution in [3.8, 4) is 5.69 Å². The quantitative estimate of drug-likeness (QED) is 0.876. The molecule has 2 rings (SSSR count). The van der Waals surface area contributed by atoms with Gasteiger partial charge in [-0.15, -0.1) is 5.10 Å². The van der Waals surface area contributed by atoms with Gasteiger partial charge in [0.05, 0.1) is 16.9 Å². The van der Waals surface area contributed by atoms with Gasteiger partial charge < -0.3 is 5.32 Å². The third kappa shape index (κ3) is 1.94. The van der Waals surface area contributed by atoms with Crippen LogP contribution in [0.4, 0.5) is 5.82 Å². The van der Waals surface area contributed by atoms with Crippen LogP contribution in [0.15, 0.2) is 30.5 Å². The fourth-order valence-corrected chi connectivity index (χ4v) is 1.73. The first-order chi connectivity index (χ1) is 7.22. The molecule has 0 spiro atoms. The number of para-hydroxylation sites is 1. The molecule has 0 atom stereocenters. The largest absolute Gasteiger partial charge is 0.370 e. The number of hydrogen-bond donors (Lipinski definition) is 1. The van der Waals surface area contributed by atoms with Crippen molar-refractivity contribution in [3.05, 3.63) is 40.5 Å². The van der Waals surface area contributed by atoms with E-state index in [9.17, 15) is 0 Å². The lowest BCUT2D eigenvalue weighted by atomic mass is 10.3. The van der Waals surface area contributed by atoms with Crippen LogP contribution in [-0.2, 0) is 0 Å². The van der Waals surface area contributed by atoms with Crippen LogP contribution in [0.5, 0.6) is 0 Å². The Bertz CT molecular complexity index is 479. The molecule has 78 valence electrons. The number of hydrogen-bond acceptors (Lipinski definition) is 2. The summed E-state index contributed by atoms with van der Waals surface area (Å²) >= 11 is 12.0. The zero-order valence-corrected chi connectivity index (χ0v) is 9.55. The van der Waals surface area contributed by atoms with E-state index in [1.807, 2.05) is 24.3 Å². The van der Waals surface area contributed by atoms with Crippen LogP contribution in [0.2, 0.25) is 10.0 Å². The molecule has 0 aliphatic heterocycles. The van der Waals surface area contributed by atoms with Gasteiger partial charge in [0, 0.05) is 7.05 Å². The van der Waals surface area contributed by atoms with Gasteiger partial charge in [0.1, 0.15) is 5.02 Å². The second kappa shape index (κ2) is 4.13. The Morgan fingerprint density at radius 2 is 1.93 bits per heavy atom. The van der Waals surface area contributed by atoms with E-state index in [1.54, 1.807) is 17.9 Å². The summed E-state index contributed by atoms with van der Waals surface area (Å²) in [5, 5.41) is 8.35. The molecule has 15 heavy (non-hydrogen) atoms. The fraction of sp³-hybridized carbons (Fsp3) is 0.100. The molecule has 0 aliphatic rings. The molecular formula is C10H9Cl2N3. The fourth-order valence-electron chi connectivity index (χ4n) is 1.28. The first-order valence-corrected chi connectivity index (χ1v) is 5.16. The van der Waals surface area contributed by atoms with Gasteiger partial charge >= 0.3 is 0 Å². The van der Waals surface area contributed by atoms with Gasteiger partial charge in [-0.3, -0.25) is 0 Å². The van der Waals surface area contributed by atoms with Crippen LogP contribution in [0.1, 0.15) is 0 Å². The minimum absolute atomic E-state index is 0.567. The van der Waals surface area contributed by atoms with Crippen molar-refractivity contribution in [2.45, 2.75) is 0 Å². The highest BCUT2D eigenvalue weighted by Crippen LogP contribution is 2.24. The molecule has 1 heterocycles. The third-order valence-corrected chi connectivity index (χ3v) is 2.60. The number of anilines is 1. The summed E-state index contributed by atoms with van der Waals surface area (Å²) in [7, 11) is 1.77. The SMILES string of the molecule is CNc1nn(-c2ccccc2Cl)cc1Cl. The molecular weight excluding hydrogens is 233 g/mol. The van der Waals surface area contributed by atoms with Gasteiger partial charge in [-0.2, -0.15) is 0 Å². The zero-order chi connectivity index (χ0) is 10.8. The molecule has 0 saturated heterocycles. The standard InChI is InChI=1S/C10H9Cl2N3/c1-13-10-8(12)6-15(14-10)9-5-3-2-4-7(9)11/h2-6H,1H3,(H,13,14). The maximum atomic E-state index is 6.04. The van der Waals surface area contributed by atoms with Crippen LogP contribution < -0.4 is 5.32 Å². The van der Waals surface area contributed by atoms with E-state index in [2.05, 4.69) is 10.4 Å². The van der Waals surface area contributed by atoms with Crippen molar-refractivity contribution in [3.63, 3.8) is 0 Å². The number of benzene rings is 1. The van der Waals surface area contributed by atoms with Crippen molar-refractivity contribution < 1.29 is 0 Å². The minimum Gasteiger partial charge on any atom is -0.370 e. The first-order valence-electron chi connectivity index (χ1n) is 4.40. The lowest BCUT2D eigenvalue weighted by Crippen LogP contribution is -1.97. The maximum Gasteiger partial charge on any atom is 0.167 e. The lowest BCUT2D eigenvalue weighted by Gasteiger charge is -2.02. The van der Waals surface area contributed by atoms with E-state index in [4.69, 9.17) is 23.2 Å². The summed E-state index contributed by atoms with van der Waals surface area (Å²) in [6.07, 6.45) is 1.72. The predicted octanol–water partition coefficient (Wildman–Crippen LogP) is 3.22. The van der Waals surface area contributed by atoms with Crippen LogP contribution in [-0.4, -0.2) is 16.8 Å². The number of nitrogens with zero attached hydrogens (tertiary/aromatic N) is 2. The molecule has 0 bridgehead atoms. The van der Waals surface area contributed by atoms with Gasteiger partial charge in [-0.05, 0) is 12.1 Å². The predicted molar refractivity (Wildman–Crippen MR) is 63.1 cm³/mol. The van der Waals surface area contributed by atoms with E-state index >= 15 is 0 Å². The second-order valence-corrected chi connectivity index (χ2v) is 3.79. The maximum absolute atomic E-state index is 6.04. The molecule has 1 N–H and O–H groups in total. The van der Waals surface area contributed by atoms with Crippen LogP contribution in [0, 0.1) is 0 Å². The molecule has 0 fully saturated rings.